The van der Waals surface area contributed by atoms with Gasteiger partial charge in [0.15, 0.2) is 0 Å². The zero-order valence-corrected chi connectivity index (χ0v) is 24.0. The lowest BCUT2D eigenvalue weighted by Crippen LogP contribution is -2.33. The number of piperidine rings is 1. The number of benzene rings is 2. The number of pyridine rings is 1. The molecule has 9 heteroatoms. The Morgan fingerprint density at radius 3 is 2.40 bits per heavy atom. The average Bonchev–Trinajstić information content (AvgIpc) is 3.36. The van der Waals surface area contributed by atoms with Gasteiger partial charge in [0.2, 0.25) is 5.88 Å². The number of carbonyl (C=O) groups excluding carboxylic acids is 1. The molecule has 7 nitrogen and oxygen atoms in total. The third-order valence-corrected chi connectivity index (χ3v) is 8.60. The molecule has 1 aliphatic heterocycles. The number of hydrogen-bond donors (Lipinski definition) is 0. The van der Waals surface area contributed by atoms with Crippen LogP contribution in [0.2, 0.25) is 0 Å². The van der Waals surface area contributed by atoms with Gasteiger partial charge in [0.25, 0.3) is 0 Å². The topological polar surface area (TPSA) is 87.1 Å². The first-order valence-electron chi connectivity index (χ1n) is 13.5. The third-order valence-electron chi connectivity index (χ3n) is 7.16. The van der Waals surface area contributed by atoms with Crippen LogP contribution in [-0.2, 0) is 22.7 Å². The lowest BCUT2D eigenvalue weighted by atomic mass is 10.0. The van der Waals surface area contributed by atoms with Gasteiger partial charge < -0.3 is 18.9 Å². The van der Waals surface area contributed by atoms with Crippen LogP contribution in [0.3, 0.4) is 0 Å². The van der Waals surface area contributed by atoms with Crippen LogP contribution in [0.4, 0.5) is 9.18 Å². The second-order valence-corrected chi connectivity index (χ2v) is 13.1. The maximum Gasteiger partial charge on any atom is 0.410 e. The molecule has 210 valence electrons. The molecule has 1 aliphatic carbocycles. The maximum absolute atomic E-state index is 13.6. The van der Waals surface area contributed by atoms with Crippen molar-refractivity contribution in [2.75, 3.05) is 13.1 Å². The van der Waals surface area contributed by atoms with Gasteiger partial charge in [-0.25, -0.2) is 14.2 Å². The van der Waals surface area contributed by atoms with E-state index in [1.54, 1.807) is 17.0 Å². The fourth-order valence-corrected chi connectivity index (χ4v) is 5.51. The van der Waals surface area contributed by atoms with E-state index in [2.05, 4.69) is 4.40 Å². The molecule has 0 N–H and O–H groups in total. The van der Waals surface area contributed by atoms with Crippen molar-refractivity contribution in [3.05, 3.63) is 83.7 Å². The van der Waals surface area contributed by atoms with E-state index in [0.717, 1.165) is 16.7 Å². The molecule has 1 saturated heterocycles. The molecule has 0 bridgehead atoms. The number of rotatable bonds is 8. The molecule has 2 aromatic carbocycles. The minimum atomic E-state index is -1.43. The smallest absolute Gasteiger partial charge is 0.410 e. The first-order chi connectivity index (χ1) is 19.1. The monoisotopic (exact) mass is 563 g/mol. The largest absolute Gasteiger partial charge is 0.591 e. The second-order valence-electron chi connectivity index (χ2n) is 11.2. The summed E-state index contributed by atoms with van der Waals surface area (Å²) >= 11 is -1.43. The lowest BCUT2D eigenvalue weighted by Gasteiger charge is -2.20. The summed E-state index contributed by atoms with van der Waals surface area (Å²) in [4.78, 5) is 19.0. The van der Waals surface area contributed by atoms with Gasteiger partial charge in [-0.15, -0.1) is 0 Å². The summed E-state index contributed by atoms with van der Waals surface area (Å²) in [6.07, 6.45) is 0.194. The van der Waals surface area contributed by atoms with Gasteiger partial charge in [-0.3, -0.25) is 0 Å². The highest BCUT2D eigenvalue weighted by molar-refractivity contribution is 7.91. The molecule has 5 rings (SSSR count). The molecule has 2 aliphatic rings. The number of likely N-dealkylation sites (tertiary alicyclic amines) is 1. The Hall–Kier alpha value is -3.43. The van der Waals surface area contributed by atoms with E-state index in [9.17, 15) is 13.7 Å². The van der Waals surface area contributed by atoms with Gasteiger partial charge >= 0.3 is 6.09 Å². The number of carbonyl (C=O) groups is 1. The molecular weight excluding hydrogens is 529 g/mol. The van der Waals surface area contributed by atoms with Crippen LogP contribution >= 0.6 is 0 Å². The third kappa shape index (κ3) is 6.47. The van der Waals surface area contributed by atoms with E-state index in [1.165, 1.54) is 12.1 Å². The highest BCUT2D eigenvalue weighted by atomic mass is 32.2. The Morgan fingerprint density at radius 2 is 1.77 bits per heavy atom. The van der Waals surface area contributed by atoms with E-state index in [0.29, 0.717) is 36.8 Å². The van der Waals surface area contributed by atoms with Crippen molar-refractivity contribution >= 4 is 23.2 Å². The zero-order valence-electron chi connectivity index (χ0n) is 23.2. The minimum Gasteiger partial charge on any atom is -0.591 e. The molecule has 4 atom stereocenters. The number of hydrogen-bond acceptors (Lipinski definition) is 6. The van der Waals surface area contributed by atoms with Crippen molar-refractivity contribution < 1.29 is 23.2 Å². The van der Waals surface area contributed by atoms with Crippen molar-refractivity contribution in [1.29, 1.82) is 0 Å². The Morgan fingerprint density at radius 1 is 1.10 bits per heavy atom. The molecule has 0 spiro atoms. The van der Waals surface area contributed by atoms with Crippen molar-refractivity contribution in [3.8, 4) is 17.1 Å². The predicted octanol–water partition coefficient (Wildman–Crippen LogP) is 6.19. The molecule has 40 heavy (non-hydrogen) atoms. The number of ether oxygens (including phenoxy) is 2. The second kappa shape index (κ2) is 11.6. The number of aromatic nitrogens is 1. The summed E-state index contributed by atoms with van der Waals surface area (Å²) in [6.45, 7) is 9.01. The van der Waals surface area contributed by atoms with Crippen LogP contribution in [0, 0.1) is 17.7 Å². The van der Waals surface area contributed by atoms with Crippen molar-refractivity contribution in [1.82, 2.24) is 9.88 Å². The molecule has 1 saturated carbocycles. The predicted molar refractivity (Wildman–Crippen MR) is 154 cm³/mol. The lowest BCUT2D eigenvalue weighted by molar-refractivity contribution is 0.0945. The molecule has 2 unspecified atom stereocenters. The van der Waals surface area contributed by atoms with Crippen LogP contribution in [0.15, 0.2) is 71.1 Å². The number of fused-ring (bicyclic) bond motifs is 1. The average molecular weight is 564 g/mol. The fourth-order valence-electron chi connectivity index (χ4n) is 4.80. The fraction of sp³-hybridized carbons (Fsp3) is 0.387. The van der Waals surface area contributed by atoms with E-state index in [4.69, 9.17) is 14.5 Å². The standard InChI is InChI=1S/C31H34FN3O4S/c1-5-26(34-40(37)31(2,3)4)22-15-27(21-11-13-23(32)14-12-21)33-28(16-22)39-29-24-17-35(18-25(24)29)30(36)38-19-20-9-7-6-8-10-20/h6-16,24-25,29H,5,17-19H2,1-4H3/b34-26-/t24-,25+,29?,40?. The Bertz CT molecular complexity index is 1370. The van der Waals surface area contributed by atoms with Crippen molar-refractivity contribution in [2.45, 2.75) is 51.6 Å². The van der Waals surface area contributed by atoms with Crippen LogP contribution < -0.4 is 4.74 Å². The summed E-state index contributed by atoms with van der Waals surface area (Å²) < 4.78 is 42.3. The molecule has 3 aromatic rings. The molecule has 0 radical (unpaired) electrons. The van der Waals surface area contributed by atoms with Gasteiger partial charge in [0.1, 0.15) is 34.6 Å². The summed E-state index contributed by atoms with van der Waals surface area (Å²) in [5.41, 5.74) is 3.76. The molecule has 1 amide bonds. The minimum absolute atomic E-state index is 0.0623. The number of halogens is 1. The van der Waals surface area contributed by atoms with E-state index in [1.807, 2.05) is 70.2 Å². The quantitative estimate of drug-likeness (QED) is 0.241. The summed E-state index contributed by atoms with van der Waals surface area (Å²) in [7, 11) is 0. The Labute approximate surface area is 237 Å². The van der Waals surface area contributed by atoms with E-state index in [-0.39, 0.29) is 36.5 Å². The van der Waals surface area contributed by atoms with Crippen molar-refractivity contribution in [3.63, 3.8) is 0 Å². The normalized spacial score (nSPS) is 21.1. The van der Waals surface area contributed by atoms with E-state index >= 15 is 0 Å². The summed E-state index contributed by atoms with van der Waals surface area (Å²) in [5, 5.41) is 0. The van der Waals surface area contributed by atoms with Crippen LogP contribution in [0.25, 0.3) is 11.3 Å². The SMILES string of the molecule is CC/C(=N/[S+]([O-])C(C)(C)C)c1cc(OC2[C@H]3CN(C(=O)OCc4ccccc4)C[C@@H]23)nc(-c2ccc(F)cc2)c1. The highest BCUT2D eigenvalue weighted by Gasteiger charge is 2.59. The maximum atomic E-state index is 13.6. The number of amides is 1. The van der Waals surface area contributed by atoms with Gasteiger partial charge in [0, 0.05) is 42.1 Å². The van der Waals surface area contributed by atoms with Crippen molar-refractivity contribution in [2.24, 2.45) is 16.2 Å². The first kappa shape index (κ1) is 28.1. The highest BCUT2D eigenvalue weighted by Crippen LogP contribution is 2.48. The molecule has 1 aromatic heterocycles. The summed E-state index contributed by atoms with van der Waals surface area (Å²) in [6, 6.07) is 19.4. The van der Waals surface area contributed by atoms with Gasteiger partial charge in [-0.1, -0.05) is 41.7 Å². The van der Waals surface area contributed by atoms with Gasteiger partial charge in [-0.05, 0) is 63.1 Å². The van der Waals surface area contributed by atoms with Gasteiger partial charge in [0.05, 0.1) is 11.4 Å². The number of nitrogens with zero attached hydrogens (tertiary/aromatic N) is 3. The Kier molecular flexibility index (Phi) is 8.14. The first-order valence-corrected chi connectivity index (χ1v) is 14.6. The Balaban J connectivity index is 1.30. The van der Waals surface area contributed by atoms with Gasteiger partial charge in [-0.2, -0.15) is 0 Å². The molecule has 2 heterocycles. The molecule has 2 fully saturated rings. The zero-order chi connectivity index (χ0) is 28.4. The molecular formula is C31H34FN3O4S. The van der Waals surface area contributed by atoms with Crippen LogP contribution in [0.5, 0.6) is 5.88 Å². The summed E-state index contributed by atoms with van der Waals surface area (Å²) in [5.74, 6) is 0.510. The van der Waals surface area contributed by atoms with E-state index < -0.39 is 16.1 Å². The van der Waals surface area contributed by atoms with Crippen LogP contribution in [0.1, 0.15) is 45.2 Å². The van der Waals surface area contributed by atoms with Crippen LogP contribution in [-0.4, -0.2) is 50.2 Å².